The van der Waals surface area contributed by atoms with Gasteiger partial charge in [0.2, 0.25) is 5.91 Å². The Morgan fingerprint density at radius 2 is 1.81 bits per heavy atom. The third-order valence-electron chi connectivity index (χ3n) is 1.42. The average Bonchev–Trinajstić information content (AvgIpc) is 2.28. The average molecular weight is 228 g/mol. The van der Waals surface area contributed by atoms with Gasteiger partial charge in [-0.2, -0.15) is 0 Å². The van der Waals surface area contributed by atoms with E-state index < -0.39 is 0 Å². The van der Waals surface area contributed by atoms with Crippen molar-refractivity contribution in [1.82, 2.24) is 5.32 Å². The second-order valence-electron chi connectivity index (χ2n) is 2.69. The molecule has 0 aromatic heterocycles. The normalized spacial score (nSPS) is 9.00. The quantitative estimate of drug-likeness (QED) is 0.556. The van der Waals surface area contributed by atoms with Crippen LogP contribution in [0.25, 0.3) is 0 Å². The molecule has 0 aliphatic carbocycles. The first kappa shape index (κ1) is 16.7. The lowest BCUT2D eigenvalue weighted by molar-refractivity contribution is -0.119. The number of allylic oxidation sites excluding steroid dienone is 3. The van der Waals surface area contributed by atoms with Crippen LogP contribution in [0.15, 0.2) is 36.6 Å². The van der Waals surface area contributed by atoms with Crippen molar-refractivity contribution in [3.63, 3.8) is 0 Å². The van der Waals surface area contributed by atoms with Gasteiger partial charge in [0.15, 0.2) is 5.78 Å². The van der Waals surface area contributed by atoms with Gasteiger partial charge in [-0.3, -0.25) is 9.59 Å². The molecule has 0 bridgehead atoms. The van der Waals surface area contributed by atoms with E-state index in [0.29, 0.717) is 11.3 Å². The minimum atomic E-state index is -0.326. The largest absolute Gasteiger partial charge is 0.326 e. The highest BCUT2D eigenvalue weighted by molar-refractivity contribution is 5.95. The summed E-state index contributed by atoms with van der Waals surface area (Å²) in [7, 11) is 0. The van der Waals surface area contributed by atoms with Gasteiger partial charge in [-0.15, -0.1) is 0 Å². The lowest BCUT2D eigenvalue weighted by Gasteiger charge is -2.01. The maximum Gasteiger partial charge on any atom is 0.238 e. The summed E-state index contributed by atoms with van der Waals surface area (Å²) in [5, 5.41) is 2.43. The molecule has 4 heteroatoms. The molecule has 0 atom stereocenters. The summed E-state index contributed by atoms with van der Waals surface area (Å²) in [6.07, 6.45) is 2.98. The highest BCUT2D eigenvalue weighted by Gasteiger charge is 1.97. The Morgan fingerprint density at radius 1 is 1.31 bits per heavy atom. The molecular formula is C12H24N2O2. The Kier molecular flexibility index (Phi) is 10.3. The molecule has 0 heterocycles. The van der Waals surface area contributed by atoms with Crippen molar-refractivity contribution in [2.75, 3.05) is 6.54 Å². The molecule has 0 aromatic carbocycles. The van der Waals surface area contributed by atoms with Crippen LogP contribution in [-0.4, -0.2) is 18.2 Å². The lowest BCUT2D eigenvalue weighted by Crippen LogP contribution is -2.28. The smallest absolute Gasteiger partial charge is 0.238 e. The highest BCUT2D eigenvalue weighted by Crippen LogP contribution is 1.97. The number of hydrogen-bond donors (Lipinski definition) is 2. The summed E-state index contributed by atoms with van der Waals surface area (Å²) in [6.45, 7) is 12.4. The van der Waals surface area contributed by atoms with Crippen LogP contribution in [0.2, 0.25) is 0 Å². The molecule has 1 amide bonds. The fourth-order valence-corrected chi connectivity index (χ4v) is 0.590. The van der Waals surface area contributed by atoms with E-state index in [1.807, 2.05) is 13.8 Å². The first-order chi connectivity index (χ1) is 7.47. The van der Waals surface area contributed by atoms with E-state index in [4.69, 9.17) is 5.73 Å². The van der Waals surface area contributed by atoms with E-state index in [-0.39, 0.29) is 21.1 Å². The summed E-state index contributed by atoms with van der Waals surface area (Å²) in [5.41, 5.74) is 5.81. The maximum atomic E-state index is 10.8. The predicted molar refractivity (Wildman–Crippen MR) is 70.9 cm³/mol. The number of nitrogens with two attached hydrogens (primary N) is 1. The Bertz CT molecular complexity index is 313. The molecule has 0 aliphatic rings. The summed E-state index contributed by atoms with van der Waals surface area (Å²) in [4.78, 5) is 21.5. The first-order valence-corrected chi connectivity index (χ1v) is 5.04. The zero-order valence-corrected chi connectivity index (χ0v) is 10.2. The topological polar surface area (TPSA) is 72.2 Å². The van der Waals surface area contributed by atoms with Crippen LogP contribution in [-0.2, 0) is 9.59 Å². The van der Waals surface area contributed by atoms with Gasteiger partial charge in [-0.05, 0) is 19.1 Å². The molecule has 0 saturated carbocycles. The van der Waals surface area contributed by atoms with Crippen LogP contribution in [0, 0.1) is 0 Å². The number of amides is 1. The van der Waals surface area contributed by atoms with Crippen LogP contribution < -0.4 is 11.1 Å². The molecule has 0 aromatic rings. The Morgan fingerprint density at radius 3 is 2.19 bits per heavy atom. The number of carbonyl (C=O) groups is 2. The van der Waals surface area contributed by atoms with Crippen molar-refractivity contribution < 1.29 is 12.4 Å². The highest BCUT2D eigenvalue weighted by atomic mass is 16.1. The van der Waals surface area contributed by atoms with Crippen LogP contribution >= 0.6 is 0 Å². The van der Waals surface area contributed by atoms with Crippen LogP contribution in [0.5, 0.6) is 0 Å². The number of hydrogen-bond acceptors (Lipinski definition) is 3. The zero-order valence-electron chi connectivity index (χ0n) is 10.2. The minimum absolute atomic E-state index is 0. The lowest BCUT2D eigenvalue weighted by atomic mass is 10.2. The van der Waals surface area contributed by atoms with Gasteiger partial charge < -0.3 is 11.1 Å². The van der Waals surface area contributed by atoms with E-state index in [1.54, 1.807) is 0 Å². The third-order valence-corrected chi connectivity index (χ3v) is 1.42. The maximum absolute atomic E-state index is 10.8. The molecule has 94 valence electrons. The van der Waals surface area contributed by atoms with Crippen LogP contribution in [0.1, 0.15) is 23.6 Å². The van der Waals surface area contributed by atoms with Crippen LogP contribution in [0.3, 0.4) is 0 Å². The summed E-state index contributed by atoms with van der Waals surface area (Å²) in [5.74, 6) is -0.452. The Hall–Kier alpha value is -1.68. The van der Waals surface area contributed by atoms with Gasteiger partial charge in [-0.25, -0.2) is 0 Å². The predicted octanol–water partition coefficient (Wildman–Crippen LogP) is 1.79. The van der Waals surface area contributed by atoms with E-state index in [1.165, 1.54) is 19.1 Å². The monoisotopic (exact) mass is 228 g/mol. The van der Waals surface area contributed by atoms with E-state index in [0.717, 1.165) is 0 Å². The van der Waals surface area contributed by atoms with Gasteiger partial charge in [-0.1, -0.05) is 27.0 Å². The molecule has 3 N–H and O–H groups in total. The summed E-state index contributed by atoms with van der Waals surface area (Å²) in [6, 6.07) is 0. The molecule has 0 rings (SSSR count). The molecule has 4 nitrogen and oxygen atoms in total. The van der Waals surface area contributed by atoms with E-state index in [2.05, 4.69) is 18.5 Å². The van der Waals surface area contributed by atoms with Crippen molar-refractivity contribution >= 4 is 11.7 Å². The van der Waals surface area contributed by atoms with Crippen LogP contribution in [0.4, 0.5) is 0 Å². The van der Waals surface area contributed by atoms with Crippen molar-refractivity contribution in [3.05, 3.63) is 36.6 Å². The number of Topliss-reactive ketones (excluding diaryl/α,β-unsaturated/α-hetero) is 1. The van der Waals surface area contributed by atoms with Crippen molar-refractivity contribution in [2.24, 2.45) is 5.73 Å². The molecule has 0 unspecified atom stereocenters. The second kappa shape index (κ2) is 9.86. The van der Waals surface area contributed by atoms with Gasteiger partial charge in [0.1, 0.15) is 0 Å². The fraction of sp³-hybridized carbons (Fsp3) is 0.333. The van der Waals surface area contributed by atoms with E-state index in [9.17, 15) is 9.59 Å². The third kappa shape index (κ3) is 8.90. The van der Waals surface area contributed by atoms with E-state index >= 15 is 0 Å². The number of carbonyl (C=O) groups excluding carboxylic acids is 2. The van der Waals surface area contributed by atoms with Gasteiger partial charge in [0, 0.05) is 14.1 Å². The standard InChI is InChI=1S/C10H14N2O2.C2H6.2H2/c1-7(9(3)13)4-5-8(2)12-10(14)6-11;1-2;;/h4-5H,1-2,6,11H2,3H3,(H,12,14);1-2H3;2*1H/b5-4-;;;. The van der Waals surface area contributed by atoms with Gasteiger partial charge >= 0.3 is 0 Å². The SMILES string of the molecule is C=C(/C=C\C(=C)C(C)=O)NC(=O)CN.CC.[HH].[HH]. The minimum Gasteiger partial charge on any atom is -0.326 e. The number of ketones is 1. The number of nitrogens with one attached hydrogen (secondary N) is 1. The summed E-state index contributed by atoms with van der Waals surface area (Å²) >= 11 is 0. The van der Waals surface area contributed by atoms with Crippen molar-refractivity contribution in [1.29, 1.82) is 0 Å². The molecule has 0 spiro atoms. The van der Waals surface area contributed by atoms with Crippen molar-refractivity contribution in [3.8, 4) is 0 Å². The summed E-state index contributed by atoms with van der Waals surface area (Å²) < 4.78 is 0. The van der Waals surface area contributed by atoms with Gasteiger partial charge in [0.25, 0.3) is 0 Å². The van der Waals surface area contributed by atoms with Crippen molar-refractivity contribution in [2.45, 2.75) is 20.8 Å². The molecule has 0 saturated heterocycles. The molecular weight excluding hydrogens is 204 g/mol. The first-order valence-electron chi connectivity index (χ1n) is 5.04. The zero-order chi connectivity index (χ0) is 13.1. The molecule has 16 heavy (non-hydrogen) atoms. The molecule has 0 fully saturated rings. The molecule has 0 aliphatic heterocycles. The van der Waals surface area contributed by atoms with Gasteiger partial charge in [0.05, 0.1) is 6.54 Å². The molecule has 0 radical (unpaired) electrons. The Labute approximate surface area is 99.9 Å². The Balaban J connectivity index is -0.000000232. The second-order valence-corrected chi connectivity index (χ2v) is 2.69. The fourth-order valence-electron chi connectivity index (χ4n) is 0.590. The number of rotatable bonds is 5.